The second kappa shape index (κ2) is 5.70. The summed E-state index contributed by atoms with van der Waals surface area (Å²) in [4.78, 5) is 26.3. The molecule has 0 bridgehead atoms. The second-order valence-electron chi connectivity index (χ2n) is 5.33. The van der Waals surface area contributed by atoms with Crippen LogP contribution in [0, 0.1) is 13.8 Å². The maximum absolute atomic E-state index is 11.5. The van der Waals surface area contributed by atoms with Gasteiger partial charge in [-0.3, -0.25) is 4.79 Å². The zero-order chi connectivity index (χ0) is 15.7. The average molecular weight is 302 g/mol. The Balaban J connectivity index is 1.74. The van der Waals surface area contributed by atoms with Crippen molar-refractivity contribution in [1.29, 1.82) is 0 Å². The number of amides is 1. The van der Waals surface area contributed by atoms with Gasteiger partial charge in [-0.1, -0.05) is 5.16 Å². The van der Waals surface area contributed by atoms with Crippen molar-refractivity contribution in [3.05, 3.63) is 29.3 Å². The van der Waals surface area contributed by atoms with E-state index in [2.05, 4.69) is 25.4 Å². The number of hydrogen-bond donors (Lipinski definition) is 1. The minimum Gasteiger partial charge on any atom is -0.363 e. The Morgan fingerprint density at radius 1 is 1.41 bits per heavy atom. The number of rotatable bonds is 4. The van der Waals surface area contributed by atoms with Gasteiger partial charge in [0.2, 0.25) is 11.8 Å². The summed E-state index contributed by atoms with van der Waals surface area (Å²) in [5.74, 6) is 2.54. The minimum atomic E-state index is 0.0483. The van der Waals surface area contributed by atoms with E-state index in [1.807, 2.05) is 17.9 Å². The van der Waals surface area contributed by atoms with Crippen LogP contribution in [0.2, 0.25) is 0 Å². The van der Waals surface area contributed by atoms with Gasteiger partial charge in [-0.15, -0.1) is 0 Å². The third kappa shape index (κ3) is 2.90. The number of aryl methyl sites for hydroxylation is 2. The van der Waals surface area contributed by atoms with Crippen LogP contribution >= 0.6 is 0 Å². The molecular formula is C14H18N6O2. The van der Waals surface area contributed by atoms with Gasteiger partial charge in [0.25, 0.3) is 0 Å². The first-order valence-electron chi connectivity index (χ1n) is 7.19. The van der Waals surface area contributed by atoms with Gasteiger partial charge in [0.1, 0.15) is 11.6 Å². The van der Waals surface area contributed by atoms with Crippen molar-refractivity contribution in [2.45, 2.75) is 39.8 Å². The first kappa shape index (κ1) is 14.4. The van der Waals surface area contributed by atoms with E-state index < -0.39 is 0 Å². The quantitative estimate of drug-likeness (QED) is 0.911. The molecule has 3 rings (SSSR count). The molecule has 22 heavy (non-hydrogen) atoms. The van der Waals surface area contributed by atoms with Crippen molar-refractivity contribution in [3.8, 4) is 0 Å². The molecule has 1 fully saturated rings. The Bertz CT molecular complexity index is 698. The number of nitrogens with one attached hydrogen (secondary N) is 1. The second-order valence-corrected chi connectivity index (χ2v) is 5.33. The average Bonchev–Trinajstić information content (AvgIpc) is 2.79. The van der Waals surface area contributed by atoms with E-state index in [-0.39, 0.29) is 11.9 Å². The van der Waals surface area contributed by atoms with Gasteiger partial charge in [0.15, 0.2) is 5.82 Å². The maximum atomic E-state index is 11.5. The number of anilines is 1. The van der Waals surface area contributed by atoms with Crippen molar-refractivity contribution in [2.24, 2.45) is 0 Å². The smallest absolute Gasteiger partial charge is 0.223 e. The molecule has 8 heteroatoms. The lowest BCUT2D eigenvalue weighted by atomic mass is 9.99. The summed E-state index contributed by atoms with van der Waals surface area (Å²) in [6.45, 7) is 6.38. The van der Waals surface area contributed by atoms with Crippen LogP contribution in [-0.2, 0) is 11.3 Å². The predicted molar refractivity (Wildman–Crippen MR) is 77.9 cm³/mol. The molecule has 1 amide bonds. The van der Waals surface area contributed by atoms with Crippen LogP contribution in [0.1, 0.15) is 42.6 Å². The Kier molecular flexibility index (Phi) is 3.74. The lowest BCUT2D eigenvalue weighted by Crippen LogP contribution is -2.44. The SMILES string of the molecule is CC(=O)N1CC[C@@H]1c1cc(NCc2noc(C)n2)nc(C)n1. The molecule has 8 nitrogen and oxygen atoms in total. The van der Waals surface area contributed by atoms with Gasteiger partial charge in [0, 0.05) is 26.5 Å². The maximum Gasteiger partial charge on any atom is 0.223 e. The number of hydrogen-bond acceptors (Lipinski definition) is 7. The van der Waals surface area contributed by atoms with E-state index in [4.69, 9.17) is 4.52 Å². The van der Waals surface area contributed by atoms with Crippen LogP contribution < -0.4 is 5.32 Å². The zero-order valence-corrected chi connectivity index (χ0v) is 12.8. The highest BCUT2D eigenvalue weighted by molar-refractivity contribution is 5.74. The minimum absolute atomic E-state index is 0.0483. The summed E-state index contributed by atoms with van der Waals surface area (Å²) in [5.41, 5.74) is 0.862. The predicted octanol–water partition coefficient (Wildman–Crippen LogP) is 1.38. The summed E-state index contributed by atoms with van der Waals surface area (Å²) in [6.07, 6.45) is 0.930. The summed E-state index contributed by atoms with van der Waals surface area (Å²) in [5, 5.41) is 6.99. The molecule has 3 heterocycles. The van der Waals surface area contributed by atoms with Crippen molar-refractivity contribution < 1.29 is 9.32 Å². The van der Waals surface area contributed by atoms with Gasteiger partial charge in [-0.2, -0.15) is 4.98 Å². The van der Waals surface area contributed by atoms with E-state index in [1.54, 1.807) is 13.8 Å². The van der Waals surface area contributed by atoms with Gasteiger partial charge >= 0.3 is 0 Å². The lowest BCUT2D eigenvalue weighted by molar-refractivity contribution is -0.136. The van der Waals surface area contributed by atoms with Crippen molar-refractivity contribution in [3.63, 3.8) is 0 Å². The molecule has 0 saturated carbocycles. The summed E-state index contributed by atoms with van der Waals surface area (Å²) < 4.78 is 4.93. The molecule has 2 aromatic heterocycles. The van der Waals surface area contributed by atoms with Gasteiger partial charge in [-0.25, -0.2) is 9.97 Å². The highest BCUT2D eigenvalue weighted by Gasteiger charge is 2.32. The molecule has 0 spiro atoms. The Morgan fingerprint density at radius 2 is 2.23 bits per heavy atom. The number of carbonyl (C=O) groups excluding carboxylic acids is 1. The van der Waals surface area contributed by atoms with Gasteiger partial charge in [0.05, 0.1) is 18.3 Å². The fourth-order valence-electron chi connectivity index (χ4n) is 2.51. The summed E-state index contributed by atoms with van der Waals surface area (Å²) in [6, 6.07) is 1.92. The van der Waals surface area contributed by atoms with E-state index in [0.717, 1.165) is 18.7 Å². The first-order valence-corrected chi connectivity index (χ1v) is 7.19. The van der Waals surface area contributed by atoms with Crippen molar-refractivity contribution in [1.82, 2.24) is 25.0 Å². The topological polar surface area (TPSA) is 97.0 Å². The molecule has 1 atom stereocenters. The fourth-order valence-corrected chi connectivity index (χ4v) is 2.51. The fraction of sp³-hybridized carbons (Fsp3) is 0.500. The van der Waals surface area contributed by atoms with Gasteiger partial charge in [-0.05, 0) is 13.3 Å². The number of aromatic nitrogens is 4. The molecule has 1 saturated heterocycles. The van der Waals surface area contributed by atoms with Crippen molar-refractivity contribution >= 4 is 11.7 Å². The highest BCUT2D eigenvalue weighted by atomic mass is 16.5. The standard InChI is InChI=1S/C14H18N6O2/c1-8-16-11(12-4-5-20(12)10(3)21)6-13(17-8)15-7-14-18-9(2)22-19-14/h6,12H,4-5,7H2,1-3H3,(H,15,16,17)/t12-/m1/s1. The monoisotopic (exact) mass is 302 g/mol. The molecule has 1 aliphatic rings. The third-order valence-electron chi connectivity index (χ3n) is 3.62. The first-order chi connectivity index (χ1) is 10.5. The summed E-state index contributed by atoms with van der Waals surface area (Å²) >= 11 is 0. The third-order valence-corrected chi connectivity index (χ3v) is 3.62. The van der Waals surface area contributed by atoms with Crippen molar-refractivity contribution in [2.75, 3.05) is 11.9 Å². The zero-order valence-electron chi connectivity index (χ0n) is 12.8. The van der Waals surface area contributed by atoms with E-state index >= 15 is 0 Å². The molecule has 0 radical (unpaired) electrons. The van der Waals surface area contributed by atoms with Gasteiger partial charge < -0.3 is 14.7 Å². The highest BCUT2D eigenvalue weighted by Crippen LogP contribution is 2.32. The number of carbonyl (C=O) groups is 1. The molecule has 116 valence electrons. The van der Waals surface area contributed by atoms with Crippen LogP contribution in [0.3, 0.4) is 0 Å². The number of likely N-dealkylation sites (tertiary alicyclic amines) is 1. The Morgan fingerprint density at radius 3 is 2.82 bits per heavy atom. The van der Waals surface area contributed by atoms with E-state index in [0.29, 0.717) is 29.9 Å². The van der Waals surface area contributed by atoms with Crippen LogP contribution in [0.4, 0.5) is 5.82 Å². The Hall–Kier alpha value is -2.51. The molecule has 0 aliphatic carbocycles. The normalized spacial score (nSPS) is 17.2. The Labute approximate surface area is 127 Å². The van der Waals surface area contributed by atoms with Crippen LogP contribution in [0.25, 0.3) is 0 Å². The summed E-state index contributed by atoms with van der Waals surface area (Å²) in [7, 11) is 0. The molecule has 0 aromatic carbocycles. The molecular weight excluding hydrogens is 284 g/mol. The molecule has 2 aromatic rings. The lowest BCUT2D eigenvalue weighted by Gasteiger charge is -2.40. The van der Waals surface area contributed by atoms with Crippen LogP contribution in [0.15, 0.2) is 10.6 Å². The largest absolute Gasteiger partial charge is 0.363 e. The van der Waals surface area contributed by atoms with E-state index in [1.165, 1.54) is 0 Å². The van der Waals surface area contributed by atoms with E-state index in [9.17, 15) is 4.79 Å². The molecule has 1 N–H and O–H groups in total. The molecule has 0 unspecified atom stereocenters. The molecule has 1 aliphatic heterocycles. The van der Waals surface area contributed by atoms with Crippen LogP contribution in [-0.4, -0.2) is 37.5 Å². The number of nitrogens with zero attached hydrogens (tertiary/aromatic N) is 5. The van der Waals surface area contributed by atoms with Crippen LogP contribution in [0.5, 0.6) is 0 Å².